The third-order valence-electron chi connectivity index (χ3n) is 4.53. The van der Waals surface area contributed by atoms with Crippen LogP contribution in [0.1, 0.15) is 23.2 Å². The van der Waals surface area contributed by atoms with Gasteiger partial charge >= 0.3 is 6.03 Å². The molecule has 0 aliphatic carbocycles. The molecule has 3 rings (SSSR count). The van der Waals surface area contributed by atoms with Crippen molar-refractivity contribution in [1.29, 1.82) is 0 Å². The Labute approximate surface area is 168 Å². The summed E-state index contributed by atoms with van der Waals surface area (Å²) in [5, 5.41) is 21.8. The minimum Gasteiger partial charge on any atom is -0.394 e. The summed E-state index contributed by atoms with van der Waals surface area (Å²) in [7, 11) is 0. The number of rotatable bonds is 5. The van der Waals surface area contributed by atoms with Crippen LogP contribution in [0.25, 0.3) is 5.57 Å². The van der Waals surface area contributed by atoms with Crippen molar-refractivity contribution in [3.05, 3.63) is 58.5 Å². The van der Waals surface area contributed by atoms with Gasteiger partial charge in [0.2, 0.25) is 0 Å². The van der Waals surface area contributed by atoms with Crippen LogP contribution in [0.5, 0.6) is 0 Å². The van der Waals surface area contributed by atoms with Gasteiger partial charge in [-0.15, -0.1) is 0 Å². The number of pyridine rings is 2. The molecule has 7 nitrogen and oxygen atoms in total. The maximum absolute atomic E-state index is 12.4. The molecule has 1 atom stereocenters. The number of aliphatic hydroxyl groups is 2. The molecule has 1 aliphatic rings. The van der Waals surface area contributed by atoms with Crippen molar-refractivity contribution in [3.63, 3.8) is 0 Å². The summed E-state index contributed by atoms with van der Waals surface area (Å²) < 4.78 is 0. The van der Waals surface area contributed by atoms with E-state index in [1.54, 1.807) is 29.4 Å². The fraction of sp³-hybridized carbons (Fsp3) is 0.350. The third-order valence-corrected chi connectivity index (χ3v) is 4.81. The molecule has 0 radical (unpaired) electrons. The number of carbonyl (C=O) groups is 1. The van der Waals surface area contributed by atoms with Crippen molar-refractivity contribution in [3.8, 4) is 0 Å². The fourth-order valence-corrected chi connectivity index (χ4v) is 3.27. The molecule has 2 aromatic heterocycles. The van der Waals surface area contributed by atoms with Crippen LogP contribution in [0.2, 0.25) is 5.02 Å². The maximum atomic E-state index is 12.4. The number of aliphatic hydroxyl groups excluding tert-OH is 2. The van der Waals surface area contributed by atoms with Crippen LogP contribution in [0, 0.1) is 6.92 Å². The predicted octanol–water partition coefficient (Wildman–Crippen LogP) is 2.66. The normalized spacial score (nSPS) is 15.1. The molecule has 28 heavy (non-hydrogen) atoms. The zero-order valence-corrected chi connectivity index (χ0v) is 16.4. The van der Waals surface area contributed by atoms with E-state index >= 15 is 0 Å². The van der Waals surface area contributed by atoms with Gasteiger partial charge in [-0.3, -0.25) is 10.3 Å². The maximum Gasteiger partial charge on any atom is 0.323 e. The monoisotopic (exact) mass is 402 g/mol. The lowest BCUT2D eigenvalue weighted by atomic mass is 10.0. The molecule has 2 aromatic rings. The molecule has 3 N–H and O–H groups in total. The van der Waals surface area contributed by atoms with E-state index in [-0.39, 0.29) is 12.6 Å². The second kappa shape index (κ2) is 9.14. The zero-order valence-electron chi connectivity index (χ0n) is 15.6. The van der Waals surface area contributed by atoms with Crippen molar-refractivity contribution >= 4 is 29.0 Å². The lowest BCUT2D eigenvalue weighted by molar-refractivity contribution is 0.0954. The largest absolute Gasteiger partial charge is 0.394 e. The first kappa shape index (κ1) is 20.3. The summed E-state index contributed by atoms with van der Waals surface area (Å²) in [6.45, 7) is 2.64. The molecule has 0 spiro atoms. The Hall–Kier alpha value is -2.48. The molecular weight excluding hydrogens is 380 g/mol. The first-order valence-electron chi connectivity index (χ1n) is 9.07. The van der Waals surface area contributed by atoms with Gasteiger partial charge < -0.3 is 15.1 Å². The Morgan fingerprint density at radius 3 is 2.79 bits per heavy atom. The molecular formula is C20H23ClN4O3. The van der Waals surface area contributed by atoms with Gasteiger partial charge in [0.25, 0.3) is 0 Å². The van der Waals surface area contributed by atoms with Gasteiger partial charge in [0.05, 0.1) is 23.4 Å². The van der Waals surface area contributed by atoms with Gasteiger partial charge in [-0.25, -0.2) is 9.78 Å². The van der Waals surface area contributed by atoms with Crippen LogP contribution < -0.4 is 5.32 Å². The lowest BCUT2D eigenvalue weighted by Gasteiger charge is -2.26. The minimum atomic E-state index is -0.826. The van der Waals surface area contributed by atoms with Crippen LogP contribution in [0.3, 0.4) is 0 Å². The van der Waals surface area contributed by atoms with Gasteiger partial charge in [-0.2, -0.15) is 0 Å². The molecule has 0 saturated heterocycles. The molecule has 148 valence electrons. The van der Waals surface area contributed by atoms with Crippen LogP contribution in [-0.4, -0.2) is 56.9 Å². The second-order valence-electron chi connectivity index (χ2n) is 6.79. The SMILES string of the molecule is Cc1ccc(NC(=O)N2CC=C(c3ncc(C[C@H](O)CO)cc3Cl)CC2)nc1. The summed E-state index contributed by atoms with van der Waals surface area (Å²) in [4.78, 5) is 22.7. The van der Waals surface area contributed by atoms with Crippen LogP contribution >= 0.6 is 11.6 Å². The third kappa shape index (κ3) is 5.07. The summed E-state index contributed by atoms with van der Waals surface area (Å²) >= 11 is 6.36. The summed E-state index contributed by atoms with van der Waals surface area (Å²) in [6, 6.07) is 5.23. The van der Waals surface area contributed by atoms with Crippen molar-refractivity contribution in [2.75, 3.05) is 25.0 Å². The van der Waals surface area contributed by atoms with E-state index in [4.69, 9.17) is 16.7 Å². The van der Waals surface area contributed by atoms with Crippen LogP contribution in [-0.2, 0) is 6.42 Å². The number of hydrogen-bond donors (Lipinski definition) is 3. The number of anilines is 1. The average molecular weight is 403 g/mol. The quantitative estimate of drug-likeness (QED) is 0.714. The lowest BCUT2D eigenvalue weighted by Crippen LogP contribution is -2.38. The van der Waals surface area contributed by atoms with Gasteiger partial charge in [-0.05, 0) is 42.2 Å². The molecule has 0 saturated carbocycles. The number of amides is 2. The van der Waals surface area contributed by atoms with Gasteiger partial charge in [0, 0.05) is 31.9 Å². The first-order chi connectivity index (χ1) is 13.5. The highest BCUT2D eigenvalue weighted by Gasteiger charge is 2.20. The van der Waals surface area contributed by atoms with Gasteiger partial charge in [-0.1, -0.05) is 23.7 Å². The average Bonchev–Trinajstić information content (AvgIpc) is 2.70. The Balaban J connectivity index is 1.63. The van der Waals surface area contributed by atoms with Gasteiger partial charge in [0.15, 0.2) is 0 Å². The van der Waals surface area contributed by atoms with E-state index in [1.807, 2.05) is 19.1 Å². The Kier molecular flexibility index (Phi) is 6.61. The second-order valence-corrected chi connectivity index (χ2v) is 7.20. The Morgan fingerprint density at radius 1 is 1.36 bits per heavy atom. The number of urea groups is 1. The van der Waals surface area contributed by atoms with Gasteiger partial charge in [0.1, 0.15) is 5.82 Å². The summed E-state index contributed by atoms with van der Waals surface area (Å²) in [6.07, 6.45) is 5.42. The molecule has 0 fully saturated rings. The van der Waals surface area contributed by atoms with E-state index < -0.39 is 6.10 Å². The highest BCUT2D eigenvalue weighted by atomic mass is 35.5. The summed E-state index contributed by atoms with van der Waals surface area (Å²) in [5.41, 5.74) is 3.46. The highest BCUT2D eigenvalue weighted by molar-refractivity contribution is 6.32. The molecule has 8 heteroatoms. The topological polar surface area (TPSA) is 98.6 Å². The number of aryl methyl sites for hydroxylation is 1. The van der Waals surface area contributed by atoms with E-state index in [1.165, 1.54) is 0 Å². The van der Waals surface area contributed by atoms with E-state index in [0.717, 1.165) is 16.7 Å². The van der Waals surface area contributed by atoms with E-state index in [9.17, 15) is 9.90 Å². The van der Waals surface area contributed by atoms with Crippen molar-refractivity contribution < 1.29 is 15.0 Å². The first-order valence-corrected chi connectivity index (χ1v) is 9.45. The number of hydrogen-bond acceptors (Lipinski definition) is 5. The van der Waals surface area contributed by atoms with Crippen molar-refractivity contribution in [1.82, 2.24) is 14.9 Å². The number of nitrogens with one attached hydrogen (secondary N) is 1. The van der Waals surface area contributed by atoms with E-state index in [2.05, 4.69) is 15.3 Å². The highest BCUT2D eigenvalue weighted by Crippen LogP contribution is 2.28. The number of halogens is 1. The minimum absolute atomic E-state index is 0.195. The van der Waals surface area contributed by atoms with Crippen molar-refractivity contribution in [2.45, 2.75) is 25.9 Å². The number of nitrogens with zero attached hydrogens (tertiary/aromatic N) is 3. The molecule has 2 amide bonds. The standard InChI is InChI=1S/C20H23ClN4O3/c1-13-2-3-18(22-10-13)24-20(28)25-6-4-15(5-7-25)19-17(21)9-14(11-23-19)8-16(27)12-26/h2-4,9-11,16,26-27H,5-8,12H2,1H3,(H,22,24,28)/t16-/m0/s1. The molecule has 3 heterocycles. The predicted molar refractivity (Wildman–Crippen MR) is 108 cm³/mol. The Bertz CT molecular complexity index is 870. The smallest absolute Gasteiger partial charge is 0.323 e. The molecule has 1 aliphatic heterocycles. The summed E-state index contributed by atoms with van der Waals surface area (Å²) in [5.74, 6) is 0.524. The molecule has 0 aromatic carbocycles. The Morgan fingerprint density at radius 2 is 2.18 bits per heavy atom. The number of aromatic nitrogens is 2. The van der Waals surface area contributed by atoms with Crippen LogP contribution in [0.15, 0.2) is 36.7 Å². The van der Waals surface area contributed by atoms with Crippen molar-refractivity contribution in [2.24, 2.45) is 0 Å². The van der Waals surface area contributed by atoms with Crippen LogP contribution in [0.4, 0.5) is 10.6 Å². The fourth-order valence-electron chi connectivity index (χ4n) is 2.96. The molecule has 0 unspecified atom stereocenters. The van der Waals surface area contributed by atoms with E-state index in [0.29, 0.717) is 42.5 Å². The zero-order chi connectivity index (χ0) is 20.1. The number of carbonyl (C=O) groups excluding carboxylic acids is 1. The molecule has 0 bridgehead atoms.